The Morgan fingerprint density at radius 2 is 1.57 bits per heavy atom. The number of carbonyl (C=O) groups is 3. The third-order valence-electron chi connectivity index (χ3n) is 3.92. The monoisotopic (exact) mass is 465 g/mol. The van der Waals surface area contributed by atoms with Gasteiger partial charge in [0.25, 0.3) is 5.91 Å². The largest absolute Gasteiger partial charge is 0.456 e. The van der Waals surface area contributed by atoms with Crippen LogP contribution < -0.4 is 5.32 Å². The smallest absolute Gasteiger partial charge is 0.329 e. The van der Waals surface area contributed by atoms with E-state index in [-0.39, 0.29) is 18.3 Å². The molecule has 0 aliphatic carbocycles. The quantitative estimate of drug-likeness (QED) is 0.453. The summed E-state index contributed by atoms with van der Waals surface area (Å²) >= 11 is 9.13. The maximum atomic E-state index is 12.5. The Morgan fingerprint density at radius 3 is 2.14 bits per heavy atom. The fourth-order valence-electron chi connectivity index (χ4n) is 2.48. The van der Waals surface area contributed by atoms with Gasteiger partial charge in [0.2, 0.25) is 0 Å². The van der Waals surface area contributed by atoms with Crippen LogP contribution in [0.2, 0.25) is 5.02 Å². The zero-order valence-electron chi connectivity index (χ0n) is 15.6. The molecule has 0 aromatic heterocycles. The first-order chi connectivity index (χ1) is 13.3. The Balaban J connectivity index is 1.99. The van der Waals surface area contributed by atoms with Crippen LogP contribution in [0.15, 0.2) is 53.0 Å². The summed E-state index contributed by atoms with van der Waals surface area (Å²) in [6.07, 6.45) is 0.393. The van der Waals surface area contributed by atoms with Crippen LogP contribution >= 0.6 is 27.5 Å². The van der Waals surface area contributed by atoms with Crippen molar-refractivity contribution < 1.29 is 19.1 Å². The second-order valence-electron chi connectivity index (χ2n) is 6.70. The Kier molecular flexibility index (Phi) is 8.20. The molecule has 2 aromatic rings. The maximum absolute atomic E-state index is 12.5. The predicted molar refractivity (Wildman–Crippen MR) is 112 cm³/mol. The minimum Gasteiger partial charge on any atom is -0.456 e. The molecule has 2 rings (SSSR count). The van der Waals surface area contributed by atoms with E-state index in [1.165, 1.54) is 0 Å². The second kappa shape index (κ2) is 10.4. The molecule has 1 N–H and O–H groups in total. The maximum Gasteiger partial charge on any atom is 0.329 e. The fourth-order valence-corrected chi connectivity index (χ4v) is 2.88. The van der Waals surface area contributed by atoms with Gasteiger partial charge in [-0.05, 0) is 48.7 Å². The summed E-state index contributed by atoms with van der Waals surface area (Å²) < 4.78 is 6.02. The van der Waals surface area contributed by atoms with E-state index in [0.717, 1.165) is 4.47 Å². The number of esters is 1. The lowest BCUT2D eigenvalue weighted by atomic mass is 10.0. The Hall–Kier alpha value is -2.18. The van der Waals surface area contributed by atoms with E-state index < -0.39 is 17.9 Å². The number of ketones is 1. The van der Waals surface area contributed by atoms with Crippen molar-refractivity contribution in [2.75, 3.05) is 6.61 Å². The van der Waals surface area contributed by atoms with Crippen molar-refractivity contribution in [3.63, 3.8) is 0 Å². The van der Waals surface area contributed by atoms with Crippen molar-refractivity contribution >= 4 is 45.2 Å². The summed E-state index contributed by atoms with van der Waals surface area (Å²) in [5, 5.41) is 3.20. The molecular formula is C21H21BrClNO4. The zero-order chi connectivity index (χ0) is 20.7. The summed E-state index contributed by atoms with van der Waals surface area (Å²) in [6, 6.07) is 12.3. The minimum absolute atomic E-state index is 0.144. The van der Waals surface area contributed by atoms with E-state index in [4.69, 9.17) is 16.3 Å². The molecule has 5 nitrogen and oxygen atoms in total. The highest BCUT2D eigenvalue weighted by molar-refractivity contribution is 9.10. The lowest BCUT2D eigenvalue weighted by Gasteiger charge is -2.19. The van der Waals surface area contributed by atoms with Gasteiger partial charge in [0.05, 0.1) is 0 Å². The molecule has 1 atom stereocenters. The molecule has 0 radical (unpaired) electrons. The number of Topliss-reactive ketones (excluding diaryl/α,β-unsaturated/α-hetero) is 1. The summed E-state index contributed by atoms with van der Waals surface area (Å²) in [5.74, 6) is -1.21. The Morgan fingerprint density at radius 1 is 1.00 bits per heavy atom. The third-order valence-corrected chi connectivity index (χ3v) is 4.70. The Labute approximate surface area is 177 Å². The molecule has 1 amide bonds. The highest BCUT2D eigenvalue weighted by Crippen LogP contribution is 2.13. The van der Waals surface area contributed by atoms with Crippen molar-refractivity contribution in [2.45, 2.75) is 26.3 Å². The first-order valence-electron chi connectivity index (χ1n) is 8.78. The van der Waals surface area contributed by atoms with E-state index in [0.29, 0.717) is 22.6 Å². The standard InChI is InChI=1S/C21H21BrClNO4/c1-13(2)11-18(24-20(26)15-5-9-17(23)10-6-15)21(27)28-12-19(25)14-3-7-16(22)8-4-14/h3-10,13,18H,11-12H2,1-2H3,(H,24,26)/t18-/m1/s1. The van der Waals surface area contributed by atoms with Crippen LogP contribution in [0, 0.1) is 5.92 Å². The van der Waals surface area contributed by atoms with Gasteiger partial charge in [-0.1, -0.05) is 53.5 Å². The molecule has 7 heteroatoms. The van der Waals surface area contributed by atoms with Gasteiger partial charge in [0.15, 0.2) is 12.4 Å². The zero-order valence-corrected chi connectivity index (χ0v) is 17.9. The number of amides is 1. The molecule has 0 saturated carbocycles. The summed E-state index contributed by atoms with van der Waals surface area (Å²) in [7, 11) is 0. The lowest BCUT2D eigenvalue weighted by molar-refractivity contribution is -0.145. The van der Waals surface area contributed by atoms with E-state index in [2.05, 4.69) is 21.2 Å². The highest BCUT2D eigenvalue weighted by atomic mass is 79.9. The van der Waals surface area contributed by atoms with Gasteiger partial charge in [-0.15, -0.1) is 0 Å². The molecule has 148 valence electrons. The van der Waals surface area contributed by atoms with E-state index in [1.807, 2.05) is 13.8 Å². The van der Waals surface area contributed by atoms with Gasteiger partial charge in [0.1, 0.15) is 6.04 Å². The molecule has 0 saturated heterocycles. The summed E-state index contributed by atoms with van der Waals surface area (Å²) in [6.45, 7) is 3.48. The van der Waals surface area contributed by atoms with Crippen molar-refractivity contribution in [3.8, 4) is 0 Å². The van der Waals surface area contributed by atoms with Crippen LogP contribution in [0.25, 0.3) is 0 Å². The molecule has 0 unspecified atom stereocenters. The molecule has 0 spiro atoms. The molecule has 0 aliphatic rings. The first kappa shape index (κ1) is 22.1. The molecule has 0 fully saturated rings. The van der Waals surface area contributed by atoms with Crippen molar-refractivity contribution in [3.05, 3.63) is 69.2 Å². The number of nitrogens with one attached hydrogen (secondary N) is 1. The normalized spacial score (nSPS) is 11.8. The lowest BCUT2D eigenvalue weighted by Crippen LogP contribution is -2.43. The van der Waals surface area contributed by atoms with Crippen LogP contribution in [0.5, 0.6) is 0 Å². The van der Waals surface area contributed by atoms with Crippen LogP contribution in [-0.4, -0.2) is 30.3 Å². The number of halogens is 2. The van der Waals surface area contributed by atoms with Gasteiger partial charge in [-0.3, -0.25) is 9.59 Å². The predicted octanol–water partition coefficient (Wildman–Crippen LogP) is 4.67. The topological polar surface area (TPSA) is 72.5 Å². The van der Waals surface area contributed by atoms with Crippen LogP contribution in [-0.2, 0) is 9.53 Å². The number of benzene rings is 2. The van der Waals surface area contributed by atoms with Gasteiger partial charge < -0.3 is 10.1 Å². The first-order valence-corrected chi connectivity index (χ1v) is 9.95. The Bertz CT molecular complexity index is 834. The minimum atomic E-state index is -0.846. The number of ether oxygens (including phenoxy) is 1. The van der Waals surface area contributed by atoms with E-state index >= 15 is 0 Å². The van der Waals surface area contributed by atoms with Gasteiger partial charge >= 0.3 is 5.97 Å². The number of hydrogen-bond acceptors (Lipinski definition) is 4. The van der Waals surface area contributed by atoms with E-state index in [1.54, 1.807) is 48.5 Å². The van der Waals surface area contributed by atoms with Crippen molar-refractivity contribution in [1.29, 1.82) is 0 Å². The average molecular weight is 467 g/mol. The molecule has 0 aliphatic heterocycles. The number of carbonyl (C=O) groups excluding carboxylic acids is 3. The third kappa shape index (κ3) is 6.77. The van der Waals surface area contributed by atoms with Gasteiger partial charge in [0, 0.05) is 20.6 Å². The number of hydrogen-bond donors (Lipinski definition) is 1. The second-order valence-corrected chi connectivity index (χ2v) is 8.05. The van der Waals surface area contributed by atoms with Crippen LogP contribution in [0.3, 0.4) is 0 Å². The molecule has 0 heterocycles. The summed E-state index contributed by atoms with van der Waals surface area (Å²) in [4.78, 5) is 37.1. The fraction of sp³-hybridized carbons (Fsp3) is 0.286. The van der Waals surface area contributed by atoms with Crippen molar-refractivity contribution in [1.82, 2.24) is 5.32 Å². The highest BCUT2D eigenvalue weighted by Gasteiger charge is 2.25. The molecule has 2 aromatic carbocycles. The van der Waals surface area contributed by atoms with Gasteiger partial charge in [-0.25, -0.2) is 4.79 Å². The van der Waals surface area contributed by atoms with Crippen molar-refractivity contribution in [2.24, 2.45) is 5.92 Å². The summed E-state index contributed by atoms with van der Waals surface area (Å²) in [5.41, 5.74) is 0.832. The SMILES string of the molecule is CC(C)C[C@@H](NC(=O)c1ccc(Cl)cc1)C(=O)OCC(=O)c1ccc(Br)cc1. The average Bonchev–Trinajstić information content (AvgIpc) is 2.66. The molecule has 28 heavy (non-hydrogen) atoms. The van der Waals surface area contributed by atoms with Gasteiger partial charge in [-0.2, -0.15) is 0 Å². The van der Waals surface area contributed by atoms with Crippen LogP contribution in [0.1, 0.15) is 41.0 Å². The molecular weight excluding hydrogens is 446 g/mol. The van der Waals surface area contributed by atoms with E-state index in [9.17, 15) is 14.4 Å². The van der Waals surface area contributed by atoms with Crippen LogP contribution in [0.4, 0.5) is 0 Å². The molecule has 0 bridgehead atoms. The number of rotatable bonds is 8.